The number of aromatic nitrogens is 1. The molecule has 2 aromatic rings. The lowest BCUT2D eigenvalue weighted by Gasteiger charge is -2.17. The number of esters is 1. The third-order valence-electron chi connectivity index (χ3n) is 5.72. The van der Waals surface area contributed by atoms with E-state index in [-0.39, 0.29) is 25.2 Å². The first-order valence-corrected chi connectivity index (χ1v) is 12.2. The molecule has 184 valence electrons. The monoisotopic (exact) mass is 459 g/mol. The average Bonchev–Trinajstić information content (AvgIpc) is 3.24. The summed E-state index contributed by atoms with van der Waals surface area (Å²) in [6, 6.07) is 10.2. The van der Waals surface area contributed by atoms with Crippen LogP contribution in [-0.2, 0) is 16.0 Å². The number of rotatable bonds is 17. The summed E-state index contributed by atoms with van der Waals surface area (Å²) >= 11 is 0. The number of aliphatic hydroxyl groups excluding tert-OH is 1. The molecule has 1 heterocycles. The molecule has 1 unspecified atom stereocenters. The molecule has 1 aromatic carbocycles. The van der Waals surface area contributed by atoms with Crippen LogP contribution in [0.3, 0.4) is 0 Å². The number of oxazole rings is 1. The Morgan fingerprint density at radius 1 is 1.15 bits per heavy atom. The molecular formula is C26H41N3O4. The Hall–Kier alpha value is -2.38. The molecule has 0 aliphatic rings. The van der Waals surface area contributed by atoms with E-state index < -0.39 is 0 Å². The minimum Gasteiger partial charge on any atom is -0.468 e. The number of aliphatic hydroxyl groups is 1. The van der Waals surface area contributed by atoms with Gasteiger partial charge in [0.15, 0.2) is 0 Å². The predicted molar refractivity (Wildman–Crippen MR) is 131 cm³/mol. The molecule has 0 saturated carbocycles. The molecule has 0 saturated heterocycles. The van der Waals surface area contributed by atoms with Crippen LogP contribution in [0.2, 0.25) is 0 Å². The maximum Gasteiger partial charge on any atom is 0.325 e. The molecule has 7 heteroatoms. The Labute approximate surface area is 198 Å². The third-order valence-corrected chi connectivity index (χ3v) is 5.72. The standard InChI is InChI=1S/C26H41N3O4/c1-4-5-6-11-16-22(27-17-12-8-13-18-30)25-28-23(19-21-14-9-7-10-15-21)26(33-25)29(2)20-24(31)32-3/h7,9-10,14-15,22,27,30H,4-6,8,11-13,16-20H2,1-3H3. The van der Waals surface area contributed by atoms with E-state index in [2.05, 4.69) is 24.4 Å². The largest absolute Gasteiger partial charge is 0.468 e. The van der Waals surface area contributed by atoms with E-state index in [4.69, 9.17) is 19.2 Å². The molecule has 33 heavy (non-hydrogen) atoms. The molecule has 0 spiro atoms. The van der Waals surface area contributed by atoms with Gasteiger partial charge in [-0.15, -0.1) is 0 Å². The molecule has 1 atom stereocenters. The van der Waals surface area contributed by atoms with Gasteiger partial charge in [-0.3, -0.25) is 4.79 Å². The lowest BCUT2D eigenvalue weighted by Crippen LogP contribution is -2.27. The van der Waals surface area contributed by atoms with Crippen molar-refractivity contribution in [3.63, 3.8) is 0 Å². The van der Waals surface area contributed by atoms with Crippen molar-refractivity contribution in [1.29, 1.82) is 0 Å². The normalized spacial score (nSPS) is 12.0. The summed E-state index contributed by atoms with van der Waals surface area (Å²) in [7, 11) is 3.22. The molecular weight excluding hydrogens is 418 g/mol. The molecule has 1 aromatic heterocycles. The van der Waals surface area contributed by atoms with Crippen molar-refractivity contribution in [2.45, 2.75) is 70.8 Å². The van der Waals surface area contributed by atoms with Gasteiger partial charge in [-0.2, -0.15) is 0 Å². The van der Waals surface area contributed by atoms with Gasteiger partial charge in [0.1, 0.15) is 12.2 Å². The van der Waals surface area contributed by atoms with Crippen LogP contribution in [-0.4, -0.2) is 49.9 Å². The van der Waals surface area contributed by atoms with E-state index >= 15 is 0 Å². The number of hydrogen-bond acceptors (Lipinski definition) is 7. The number of nitrogens with zero attached hydrogens (tertiary/aromatic N) is 2. The summed E-state index contributed by atoms with van der Waals surface area (Å²) in [5.74, 6) is 0.963. The van der Waals surface area contributed by atoms with E-state index in [1.807, 2.05) is 25.2 Å². The fraction of sp³-hybridized carbons (Fsp3) is 0.615. The van der Waals surface area contributed by atoms with Crippen LogP contribution >= 0.6 is 0 Å². The van der Waals surface area contributed by atoms with Crippen LogP contribution in [0, 0.1) is 0 Å². The van der Waals surface area contributed by atoms with Crippen LogP contribution in [0.1, 0.15) is 81.5 Å². The van der Waals surface area contributed by atoms with Crippen molar-refractivity contribution in [3.8, 4) is 0 Å². The fourth-order valence-corrected chi connectivity index (χ4v) is 3.82. The number of nitrogens with one attached hydrogen (secondary N) is 1. The lowest BCUT2D eigenvalue weighted by molar-refractivity contribution is -0.138. The van der Waals surface area contributed by atoms with Gasteiger partial charge in [0.05, 0.1) is 13.2 Å². The van der Waals surface area contributed by atoms with Crippen LogP contribution in [0.4, 0.5) is 5.88 Å². The number of carbonyl (C=O) groups excluding carboxylic acids is 1. The zero-order valence-electron chi connectivity index (χ0n) is 20.5. The van der Waals surface area contributed by atoms with Gasteiger partial charge in [0.2, 0.25) is 11.8 Å². The summed E-state index contributed by atoms with van der Waals surface area (Å²) in [5.41, 5.74) is 1.96. The first-order valence-electron chi connectivity index (χ1n) is 12.2. The van der Waals surface area contributed by atoms with E-state index in [9.17, 15) is 4.79 Å². The summed E-state index contributed by atoms with van der Waals surface area (Å²) in [6.45, 7) is 3.40. The first-order chi connectivity index (χ1) is 16.1. The van der Waals surface area contributed by atoms with Crippen LogP contribution < -0.4 is 10.2 Å². The van der Waals surface area contributed by atoms with Gasteiger partial charge in [0, 0.05) is 20.1 Å². The van der Waals surface area contributed by atoms with Gasteiger partial charge in [-0.05, 0) is 37.8 Å². The topological polar surface area (TPSA) is 87.8 Å². The summed E-state index contributed by atoms with van der Waals surface area (Å²) in [6.07, 6.45) is 9.10. The number of anilines is 1. The van der Waals surface area contributed by atoms with Crippen molar-refractivity contribution in [2.24, 2.45) is 0 Å². The molecule has 0 aliphatic heterocycles. The van der Waals surface area contributed by atoms with Crippen LogP contribution in [0.15, 0.2) is 34.7 Å². The molecule has 0 aliphatic carbocycles. The SMILES string of the molecule is CCCCCCC(NCCCCCO)c1nc(Cc2ccccc2)c(N(C)CC(=O)OC)o1. The second-order valence-electron chi connectivity index (χ2n) is 8.54. The zero-order valence-corrected chi connectivity index (χ0v) is 20.5. The highest BCUT2D eigenvalue weighted by Gasteiger charge is 2.24. The van der Waals surface area contributed by atoms with Crippen molar-refractivity contribution in [1.82, 2.24) is 10.3 Å². The number of likely N-dealkylation sites (N-methyl/N-ethyl adjacent to an activating group) is 1. The maximum atomic E-state index is 11.9. The fourth-order valence-electron chi connectivity index (χ4n) is 3.82. The predicted octanol–water partition coefficient (Wildman–Crippen LogP) is 4.64. The van der Waals surface area contributed by atoms with Crippen molar-refractivity contribution < 1.29 is 19.1 Å². The van der Waals surface area contributed by atoms with Crippen LogP contribution in [0.25, 0.3) is 0 Å². The number of hydrogen-bond donors (Lipinski definition) is 2. The number of unbranched alkanes of at least 4 members (excludes halogenated alkanes) is 5. The Morgan fingerprint density at radius 3 is 2.61 bits per heavy atom. The highest BCUT2D eigenvalue weighted by Crippen LogP contribution is 2.29. The molecule has 2 rings (SSSR count). The first kappa shape index (κ1) is 26.9. The number of ether oxygens (including phenoxy) is 1. The Kier molecular flexibility index (Phi) is 12.6. The molecule has 2 N–H and O–H groups in total. The van der Waals surface area contributed by atoms with Crippen molar-refractivity contribution >= 4 is 11.9 Å². The number of methoxy groups -OCH3 is 1. The smallest absolute Gasteiger partial charge is 0.325 e. The Balaban J connectivity index is 2.22. The third kappa shape index (κ3) is 9.56. The summed E-state index contributed by atoms with van der Waals surface area (Å²) in [5, 5.41) is 12.6. The molecule has 0 fully saturated rings. The molecule has 0 amide bonds. The van der Waals surface area contributed by atoms with Gasteiger partial charge in [0.25, 0.3) is 0 Å². The van der Waals surface area contributed by atoms with Gasteiger partial charge in [-0.25, -0.2) is 4.98 Å². The van der Waals surface area contributed by atoms with Gasteiger partial charge < -0.3 is 24.5 Å². The van der Waals surface area contributed by atoms with E-state index in [1.54, 1.807) is 4.90 Å². The van der Waals surface area contributed by atoms with E-state index in [0.29, 0.717) is 18.2 Å². The van der Waals surface area contributed by atoms with Crippen molar-refractivity contribution in [2.75, 3.05) is 38.8 Å². The molecule has 0 radical (unpaired) electrons. The summed E-state index contributed by atoms with van der Waals surface area (Å²) < 4.78 is 11.1. The molecule has 7 nitrogen and oxygen atoms in total. The number of carbonyl (C=O) groups is 1. The second-order valence-corrected chi connectivity index (χ2v) is 8.54. The minimum absolute atomic E-state index is 0.0192. The lowest BCUT2D eigenvalue weighted by atomic mass is 10.1. The quantitative estimate of drug-likeness (QED) is 0.263. The number of benzene rings is 1. The highest BCUT2D eigenvalue weighted by atomic mass is 16.5. The zero-order chi connectivity index (χ0) is 23.9. The van der Waals surface area contributed by atoms with Crippen molar-refractivity contribution in [3.05, 3.63) is 47.5 Å². The molecule has 0 bridgehead atoms. The van der Waals surface area contributed by atoms with Crippen LogP contribution in [0.5, 0.6) is 0 Å². The summed E-state index contributed by atoms with van der Waals surface area (Å²) in [4.78, 5) is 18.6. The van der Waals surface area contributed by atoms with Gasteiger partial charge in [-0.1, -0.05) is 62.9 Å². The average molecular weight is 460 g/mol. The Bertz CT molecular complexity index is 794. The van der Waals surface area contributed by atoms with E-state index in [0.717, 1.165) is 49.9 Å². The van der Waals surface area contributed by atoms with E-state index in [1.165, 1.54) is 26.4 Å². The van der Waals surface area contributed by atoms with Gasteiger partial charge >= 0.3 is 5.97 Å². The Morgan fingerprint density at radius 2 is 1.91 bits per heavy atom. The highest BCUT2D eigenvalue weighted by molar-refractivity contribution is 5.75. The second kappa shape index (κ2) is 15.5. The maximum absolute atomic E-state index is 11.9. The minimum atomic E-state index is -0.320.